The van der Waals surface area contributed by atoms with Crippen molar-refractivity contribution in [1.82, 2.24) is 14.9 Å². The van der Waals surface area contributed by atoms with Crippen LogP contribution in [0.25, 0.3) is 0 Å². The van der Waals surface area contributed by atoms with Crippen LogP contribution in [0.1, 0.15) is 48.4 Å². The Bertz CT molecular complexity index is 768. The van der Waals surface area contributed by atoms with Gasteiger partial charge in [0.1, 0.15) is 0 Å². The van der Waals surface area contributed by atoms with E-state index in [-0.39, 0.29) is 25.0 Å². The largest absolute Gasteiger partial charge is 0.378 e. The van der Waals surface area contributed by atoms with Gasteiger partial charge in [-0.15, -0.1) is 0 Å². The molecule has 2 N–H and O–H groups in total. The molecule has 36 heavy (non-hydrogen) atoms. The van der Waals surface area contributed by atoms with E-state index in [0.29, 0.717) is 69.3 Å². The Morgan fingerprint density at radius 2 is 1.28 bits per heavy atom. The highest BCUT2D eigenvalue weighted by Crippen LogP contribution is 2.26. The number of hydroxylamine groups is 2. The maximum atomic E-state index is 12.3. The highest BCUT2D eigenvalue weighted by Gasteiger charge is 2.34. The third-order valence-corrected chi connectivity index (χ3v) is 6.07. The minimum atomic E-state index is -2.49. The quantitative estimate of drug-likeness (QED) is 0.119. The van der Waals surface area contributed by atoms with Crippen molar-refractivity contribution in [3.8, 4) is 0 Å². The summed E-state index contributed by atoms with van der Waals surface area (Å²) in [5.74, 6) is -0.577. The SMILES string of the molecule is CC(C)N(CCN(CCOCCOCCOCCN1C(=O)c2ccccc2C1=O)OP(O)O)C(C)C. The molecule has 0 spiro atoms. The molecule has 0 aliphatic carbocycles. The van der Waals surface area contributed by atoms with Crippen LogP contribution in [0.3, 0.4) is 0 Å². The molecule has 1 aliphatic heterocycles. The zero-order chi connectivity index (χ0) is 26.5. The predicted molar refractivity (Wildman–Crippen MR) is 135 cm³/mol. The van der Waals surface area contributed by atoms with Gasteiger partial charge in [0.15, 0.2) is 0 Å². The van der Waals surface area contributed by atoms with Crippen LogP contribution in [-0.4, -0.2) is 114 Å². The Hall–Kier alpha value is -1.53. The van der Waals surface area contributed by atoms with Crippen molar-refractivity contribution in [3.05, 3.63) is 35.4 Å². The number of amides is 2. The van der Waals surface area contributed by atoms with Gasteiger partial charge in [0.2, 0.25) is 0 Å². The molecule has 0 radical (unpaired) electrons. The topological polar surface area (TPSA) is 121 Å². The summed E-state index contributed by atoms with van der Waals surface area (Å²) < 4.78 is 21.6. The number of carbonyl (C=O) groups is 2. The zero-order valence-corrected chi connectivity index (χ0v) is 22.6. The second-order valence-corrected chi connectivity index (χ2v) is 9.50. The third kappa shape index (κ3) is 10.1. The Labute approximate surface area is 214 Å². The molecule has 1 aliphatic rings. The summed E-state index contributed by atoms with van der Waals surface area (Å²) in [5, 5.41) is 1.52. The standard InChI is InChI=1S/C24H40N3O8P/c1-19(2)26(20(3)4)10-9-25(35-36(30)31)11-13-32-15-17-34-18-16-33-14-12-27-23(28)21-7-5-6-8-22(21)24(27)29/h5-8,19-20,30-31H,9-18H2,1-4H3. The van der Waals surface area contributed by atoms with Crippen LogP contribution < -0.4 is 0 Å². The van der Waals surface area contributed by atoms with Gasteiger partial charge in [-0.05, 0) is 39.8 Å². The van der Waals surface area contributed by atoms with E-state index in [0.717, 1.165) is 6.54 Å². The fraction of sp³-hybridized carbons (Fsp3) is 0.667. The molecule has 11 nitrogen and oxygen atoms in total. The highest BCUT2D eigenvalue weighted by atomic mass is 31.2. The molecule has 0 aromatic heterocycles. The first kappa shape index (κ1) is 30.7. The number of benzene rings is 1. The normalized spacial score (nSPS) is 13.9. The van der Waals surface area contributed by atoms with E-state index in [1.54, 1.807) is 24.3 Å². The van der Waals surface area contributed by atoms with E-state index < -0.39 is 8.60 Å². The van der Waals surface area contributed by atoms with Crippen LogP contribution in [0.4, 0.5) is 0 Å². The fourth-order valence-corrected chi connectivity index (χ4v) is 4.31. The Morgan fingerprint density at radius 1 is 0.778 bits per heavy atom. The summed E-state index contributed by atoms with van der Waals surface area (Å²) in [7, 11) is -2.49. The number of imide groups is 1. The molecule has 0 bridgehead atoms. The van der Waals surface area contributed by atoms with Gasteiger partial charge in [-0.3, -0.25) is 19.4 Å². The molecule has 0 saturated heterocycles. The van der Waals surface area contributed by atoms with Crippen molar-refractivity contribution >= 4 is 20.4 Å². The summed E-state index contributed by atoms with van der Waals surface area (Å²) in [5.41, 5.74) is 0.865. The second kappa shape index (κ2) is 16.3. The van der Waals surface area contributed by atoms with Crippen LogP contribution in [0.2, 0.25) is 0 Å². The lowest BCUT2D eigenvalue weighted by Crippen LogP contribution is -2.43. The number of hydrogen-bond acceptors (Lipinski definition) is 10. The third-order valence-electron chi connectivity index (χ3n) is 5.69. The maximum absolute atomic E-state index is 12.3. The number of fused-ring (bicyclic) bond motifs is 1. The first-order valence-electron chi connectivity index (χ1n) is 12.3. The molecule has 1 aromatic carbocycles. The van der Waals surface area contributed by atoms with Gasteiger partial charge >= 0.3 is 8.60 Å². The number of hydrogen-bond donors (Lipinski definition) is 2. The molecule has 2 rings (SSSR count). The average molecular weight is 530 g/mol. The molecule has 204 valence electrons. The number of carbonyl (C=O) groups excluding carboxylic acids is 2. The van der Waals surface area contributed by atoms with Gasteiger partial charge in [0.05, 0.1) is 57.3 Å². The molecular formula is C24H40N3O8P. The lowest BCUT2D eigenvalue weighted by Gasteiger charge is -2.32. The molecule has 12 heteroatoms. The van der Waals surface area contributed by atoms with Gasteiger partial charge in [0, 0.05) is 31.7 Å². The van der Waals surface area contributed by atoms with Crippen LogP contribution in [-0.2, 0) is 18.8 Å². The van der Waals surface area contributed by atoms with Crippen molar-refractivity contribution in [3.63, 3.8) is 0 Å². The van der Waals surface area contributed by atoms with Crippen LogP contribution in [0, 0.1) is 0 Å². The first-order chi connectivity index (χ1) is 17.2. The predicted octanol–water partition coefficient (Wildman–Crippen LogP) is 1.90. The molecule has 0 saturated carbocycles. The van der Waals surface area contributed by atoms with Gasteiger partial charge in [-0.25, -0.2) is 4.62 Å². The van der Waals surface area contributed by atoms with E-state index in [9.17, 15) is 19.4 Å². The van der Waals surface area contributed by atoms with E-state index in [1.807, 2.05) is 0 Å². The summed E-state index contributed by atoms with van der Waals surface area (Å²) in [6.07, 6.45) is 0. The summed E-state index contributed by atoms with van der Waals surface area (Å²) in [4.78, 5) is 46.5. The zero-order valence-electron chi connectivity index (χ0n) is 21.7. The van der Waals surface area contributed by atoms with E-state index in [1.165, 1.54) is 9.96 Å². The van der Waals surface area contributed by atoms with Gasteiger partial charge in [0.25, 0.3) is 11.8 Å². The van der Waals surface area contributed by atoms with Crippen molar-refractivity contribution < 1.29 is 38.2 Å². The minimum Gasteiger partial charge on any atom is -0.378 e. The Balaban J connectivity index is 1.51. The van der Waals surface area contributed by atoms with Crippen molar-refractivity contribution in [2.45, 2.75) is 39.8 Å². The van der Waals surface area contributed by atoms with Crippen LogP contribution in [0.15, 0.2) is 24.3 Å². The maximum Gasteiger partial charge on any atom is 0.345 e. The minimum absolute atomic E-state index is 0.198. The van der Waals surface area contributed by atoms with Crippen LogP contribution in [0.5, 0.6) is 0 Å². The molecule has 1 aromatic rings. The lowest BCUT2D eigenvalue weighted by atomic mass is 10.1. The van der Waals surface area contributed by atoms with E-state index in [4.69, 9.17) is 18.8 Å². The van der Waals surface area contributed by atoms with Gasteiger partial charge in [-0.2, -0.15) is 5.06 Å². The monoisotopic (exact) mass is 529 g/mol. The molecule has 2 amide bonds. The summed E-state index contributed by atoms with van der Waals surface area (Å²) in [6.45, 7) is 12.4. The van der Waals surface area contributed by atoms with E-state index in [2.05, 4.69) is 32.6 Å². The average Bonchev–Trinajstić information content (AvgIpc) is 3.06. The molecule has 0 atom stereocenters. The molecule has 1 heterocycles. The Kier molecular flexibility index (Phi) is 13.9. The van der Waals surface area contributed by atoms with E-state index >= 15 is 0 Å². The summed E-state index contributed by atoms with van der Waals surface area (Å²) in [6, 6.07) is 7.53. The fourth-order valence-electron chi connectivity index (χ4n) is 3.94. The molecule has 0 fully saturated rings. The van der Waals surface area contributed by atoms with Crippen LogP contribution >= 0.6 is 8.60 Å². The van der Waals surface area contributed by atoms with Crippen molar-refractivity contribution in [1.29, 1.82) is 0 Å². The second-order valence-electron chi connectivity index (χ2n) is 8.83. The Morgan fingerprint density at radius 3 is 1.78 bits per heavy atom. The lowest BCUT2D eigenvalue weighted by molar-refractivity contribution is -0.0913. The molecular weight excluding hydrogens is 489 g/mol. The molecule has 0 unspecified atom stereocenters. The first-order valence-corrected chi connectivity index (χ1v) is 13.4. The number of nitrogens with zero attached hydrogens (tertiary/aromatic N) is 3. The van der Waals surface area contributed by atoms with Gasteiger partial charge in [-0.1, -0.05) is 12.1 Å². The smallest absolute Gasteiger partial charge is 0.345 e. The van der Waals surface area contributed by atoms with Crippen molar-refractivity contribution in [2.24, 2.45) is 0 Å². The highest BCUT2D eigenvalue weighted by molar-refractivity contribution is 7.39. The number of ether oxygens (including phenoxy) is 3. The number of rotatable bonds is 19. The summed E-state index contributed by atoms with van der Waals surface area (Å²) >= 11 is 0. The van der Waals surface area contributed by atoms with Crippen molar-refractivity contribution in [2.75, 3.05) is 65.8 Å². The van der Waals surface area contributed by atoms with Gasteiger partial charge < -0.3 is 24.0 Å².